The fraction of sp³-hybridized carbons (Fsp3) is 0.143. The van der Waals surface area contributed by atoms with Gasteiger partial charge >= 0.3 is 0 Å². The molecule has 0 saturated heterocycles. The monoisotopic (exact) mass is 380 g/mol. The van der Waals surface area contributed by atoms with Crippen molar-refractivity contribution in [3.05, 3.63) is 82.6 Å². The molecule has 27 heavy (non-hydrogen) atoms. The molecule has 2 N–H and O–H groups in total. The molecule has 5 nitrogen and oxygen atoms in total. The molecule has 0 spiro atoms. The van der Waals surface area contributed by atoms with E-state index in [9.17, 15) is 9.59 Å². The van der Waals surface area contributed by atoms with Crippen molar-refractivity contribution in [3.8, 4) is 5.75 Å². The summed E-state index contributed by atoms with van der Waals surface area (Å²) in [4.78, 5) is 26.0. The maximum Gasteiger partial charge on any atom is 0.262 e. The van der Waals surface area contributed by atoms with E-state index in [0.29, 0.717) is 22.7 Å². The van der Waals surface area contributed by atoms with Crippen LogP contribution in [0.4, 0.5) is 5.69 Å². The summed E-state index contributed by atoms with van der Waals surface area (Å²) in [7, 11) is 1.55. The summed E-state index contributed by atoms with van der Waals surface area (Å²) < 4.78 is 5.28. The Morgan fingerprint density at radius 2 is 1.74 bits per heavy atom. The number of para-hydroxylation sites is 2. The number of amides is 2. The Kier molecular flexibility index (Phi) is 6.22. The van der Waals surface area contributed by atoms with E-state index in [1.807, 2.05) is 47.8 Å². The lowest BCUT2D eigenvalue weighted by Crippen LogP contribution is -2.45. The Balaban J connectivity index is 1.79. The number of hydrogen-bond donors (Lipinski definition) is 2. The maximum absolute atomic E-state index is 12.9. The number of nitrogens with one attached hydrogen (secondary N) is 2. The largest absolute Gasteiger partial charge is 0.495 e. The topological polar surface area (TPSA) is 67.4 Å². The van der Waals surface area contributed by atoms with E-state index in [0.717, 1.165) is 5.56 Å². The molecule has 0 aliphatic rings. The second-order valence-electron chi connectivity index (χ2n) is 5.88. The average Bonchev–Trinajstić information content (AvgIpc) is 3.23. The number of ether oxygens (including phenoxy) is 1. The summed E-state index contributed by atoms with van der Waals surface area (Å²) in [6.45, 7) is 0. The molecule has 1 atom stereocenters. The van der Waals surface area contributed by atoms with E-state index in [2.05, 4.69) is 10.6 Å². The SMILES string of the molecule is COc1ccccc1NC(=O)C(Cc1ccccc1)NC(=O)c1cccs1. The molecule has 3 aromatic rings. The highest BCUT2D eigenvalue weighted by Crippen LogP contribution is 2.23. The normalized spacial score (nSPS) is 11.4. The number of carbonyl (C=O) groups excluding carboxylic acids is 2. The summed E-state index contributed by atoms with van der Waals surface area (Å²) in [5.74, 6) is 0.00302. The Hall–Kier alpha value is -3.12. The summed E-state index contributed by atoms with van der Waals surface area (Å²) in [5.41, 5.74) is 1.53. The molecule has 3 rings (SSSR count). The van der Waals surface area contributed by atoms with Crippen LogP contribution < -0.4 is 15.4 Å². The van der Waals surface area contributed by atoms with Crippen LogP contribution in [0.1, 0.15) is 15.2 Å². The first-order chi connectivity index (χ1) is 13.2. The van der Waals surface area contributed by atoms with E-state index in [-0.39, 0.29) is 11.8 Å². The second-order valence-corrected chi connectivity index (χ2v) is 6.83. The number of benzene rings is 2. The van der Waals surface area contributed by atoms with Gasteiger partial charge in [0.05, 0.1) is 17.7 Å². The van der Waals surface area contributed by atoms with Crippen LogP contribution in [0.2, 0.25) is 0 Å². The van der Waals surface area contributed by atoms with E-state index >= 15 is 0 Å². The van der Waals surface area contributed by atoms with Gasteiger partial charge in [0.15, 0.2) is 0 Å². The molecule has 0 fully saturated rings. The highest BCUT2D eigenvalue weighted by atomic mass is 32.1. The van der Waals surface area contributed by atoms with Crippen LogP contribution in [0.15, 0.2) is 72.1 Å². The molecule has 1 aromatic heterocycles. The third-order valence-corrected chi connectivity index (χ3v) is 4.88. The van der Waals surface area contributed by atoms with Gasteiger partial charge in [0.25, 0.3) is 5.91 Å². The molecule has 1 heterocycles. The van der Waals surface area contributed by atoms with Gasteiger partial charge < -0.3 is 15.4 Å². The van der Waals surface area contributed by atoms with Crippen molar-refractivity contribution in [2.75, 3.05) is 12.4 Å². The maximum atomic E-state index is 12.9. The van der Waals surface area contributed by atoms with Crippen LogP contribution in [0.25, 0.3) is 0 Å². The zero-order valence-electron chi connectivity index (χ0n) is 14.8. The fourth-order valence-electron chi connectivity index (χ4n) is 2.66. The Bertz CT molecular complexity index is 895. The van der Waals surface area contributed by atoms with Crippen LogP contribution in [0, 0.1) is 0 Å². The lowest BCUT2D eigenvalue weighted by Gasteiger charge is -2.19. The molecule has 1 unspecified atom stereocenters. The summed E-state index contributed by atoms with van der Waals surface area (Å²) >= 11 is 1.34. The van der Waals surface area contributed by atoms with Crippen molar-refractivity contribution in [2.45, 2.75) is 12.5 Å². The standard InChI is InChI=1S/C21H20N2O3S/c1-26-18-11-6-5-10-16(18)22-20(24)17(14-15-8-3-2-4-9-15)23-21(25)19-12-7-13-27-19/h2-13,17H,14H2,1H3,(H,22,24)(H,23,25). The van der Waals surface area contributed by atoms with Gasteiger partial charge in [-0.1, -0.05) is 48.5 Å². The number of anilines is 1. The molecule has 2 aromatic carbocycles. The first-order valence-electron chi connectivity index (χ1n) is 8.49. The van der Waals surface area contributed by atoms with Crippen molar-refractivity contribution in [2.24, 2.45) is 0 Å². The Labute approximate surface area is 162 Å². The predicted molar refractivity (Wildman–Crippen MR) is 107 cm³/mol. The zero-order chi connectivity index (χ0) is 19.1. The smallest absolute Gasteiger partial charge is 0.262 e. The first kappa shape index (κ1) is 18.7. The highest BCUT2D eigenvalue weighted by molar-refractivity contribution is 7.12. The van der Waals surface area contributed by atoms with E-state index < -0.39 is 6.04 Å². The quantitative estimate of drug-likeness (QED) is 0.656. The van der Waals surface area contributed by atoms with Crippen LogP contribution in [0.5, 0.6) is 5.75 Å². The van der Waals surface area contributed by atoms with E-state index in [1.165, 1.54) is 11.3 Å². The number of hydrogen-bond acceptors (Lipinski definition) is 4. The van der Waals surface area contributed by atoms with Gasteiger partial charge in [0.2, 0.25) is 5.91 Å². The predicted octanol–water partition coefficient (Wildman–Crippen LogP) is 3.74. The van der Waals surface area contributed by atoms with Crippen LogP contribution >= 0.6 is 11.3 Å². The minimum atomic E-state index is -0.716. The number of thiophene rings is 1. The summed E-state index contributed by atoms with van der Waals surface area (Å²) in [6, 6.07) is 19.6. The fourth-order valence-corrected chi connectivity index (χ4v) is 3.29. The van der Waals surface area contributed by atoms with Crippen molar-refractivity contribution in [1.82, 2.24) is 5.32 Å². The average molecular weight is 380 g/mol. The van der Waals surface area contributed by atoms with E-state index in [4.69, 9.17) is 4.74 Å². The lowest BCUT2D eigenvalue weighted by molar-refractivity contribution is -0.118. The molecule has 0 saturated carbocycles. The molecule has 0 bridgehead atoms. The molecule has 2 amide bonds. The first-order valence-corrected chi connectivity index (χ1v) is 9.37. The van der Waals surface area contributed by atoms with Gasteiger partial charge in [-0.2, -0.15) is 0 Å². The van der Waals surface area contributed by atoms with Gasteiger partial charge in [-0.15, -0.1) is 11.3 Å². The van der Waals surface area contributed by atoms with Crippen molar-refractivity contribution in [1.29, 1.82) is 0 Å². The molecule has 0 aliphatic carbocycles. The summed E-state index contributed by atoms with van der Waals surface area (Å²) in [5, 5.41) is 7.53. The van der Waals surface area contributed by atoms with Crippen LogP contribution in [-0.2, 0) is 11.2 Å². The zero-order valence-corrected chi connectivity index (χ0v) is 15.7. The Morgan fingerprint density at radius 3 is 2.44 bits per heavy atom. The number of rotatable bonds is 7. The van der Waals surface area contributed by atoms with Gasteiger partial charge in [-0.05, 0) is 29.1 Å². The lowest BCUT2D eigenvalue weighted by atomic mass is 10.0. The molecular formula is C21H20N2O3S. The summed E-state index contributed by atoms with van der Waals surface area (Å²) in [6.07, 6.45) is 0.388. The van der Waals surface area contributed by atoms with E-state index in [1.54, 1.807) is 31.4 Å². The molecule has 138 valence electrons. The van der Waals surface area contributed by atoms with Crippen LogP contribution in [0.3, 0.4) is 0 Å². The van der Waals surface area contributed by atoms with Gasteiger partial charge in [-0.25, -0.2) is 0 Å². The van der Waals surface area contributed by atoms with Crippen LogP contribution in [-0.4, -0.2) is 25.0 Å². The number of carbonyl (C=O) groups is 2. The van der Waals surface area contributed by atoms with Crippen molar-refractivity contribution in [3.63, 3.8) is 0 Å². The van der Waals surface area contributed by atoms with Crippen molar-refractivity contribution < 1.29 is 14.3 Å². The number of methoxy groups -OCH3 is 1. The van der Waals surface area contributed by atoms with Crippen molar-refractivity contribution >= 4 is 28.8 Å². The van der Waals surface area contributed by atoms with Gasteiger partial charge in [0, 0.05) is 6.42 Å². The minimum absolute atomic E-state index is 0.263. The minimum Gasteiger partial charge on any atom is -0.495 e. The molecule has 0 radical (unpaired) electrons. The molecule has 0 aliphatic heterocycles. The molecular weight excluding hydrogens is 360 g/mol. The third-order valence-electron chi connectivity index (χ3n) is 4.01. The van der Waals surface area contributed by atoms with Gasteiger partial charge in [0.1, 0.15) is 11.8 Å². The molecule has 6 heteroatoms. The second kappa shape index (κ2) is 9.00. The van der Waals surface area contributed by atoms with Gasteiger partial charge in [-0.3, -0.25) is 9.59 Å². The third kappa shape index (κ3) is 4.95. The Morgan fingerprint density at radius 1 is 1.00 bits per heavy atom. The highest BCUT2D eigenvalue weighted by Gasteiger charge is 2.23.